The summed E-state index contributed by atoms with van der Waals surface area (Å²) in [7, 11) is 0. The lowest BCUT2D eigenvalue weighted by Gasteiger charge is -2.05. The maximum atomic E-state index is 12.8. The van der Waals surface area contributed by atoms with Crippen LogP contribution in [0.2, 0.25) is 0 Å². The van der Waals surface area contributed by atoms with Crippen molar-refractivity contribution in [2.45, 2.75) is 6.92 Å². The summed E-state index contributed by atoms with van der Waals surface area (Å²) in [5, 5.41) is 4.13. The van der Waals surface area contributed by atoms with Crippen LogP contribution in [0.1, 0.15) is 11.4 Å². The van der Waals surface area contributed by atoms with E-state index in [0.717, 1.165) is 16.8 Å². The molecule has 4 nitrogen and oxygen atoms in total. The van der Waals surface area contributed by atoms with Crippen LogP contribution in [0.4, 0.5) is 10.2 Å². The second-order valence-corrected chi connectivity index (χ2v) is 4.97. The number of hydrazone groups is 1. The smallest absolute Gasteiger partial charge is 0.150 e. The van der Waals surface area contributed by atoms with Gasteiger partial charge in [0.25, 0.3) is 0 Å². The van der Waals surface area contributed by atoms with E-state index in [2.05, 4.69) is 20.5 Å². The summed E-state index contributed by atoms with van der Waals surface area (Å²) in [4.78, 5) is 8.74. The Hall–Kier alpha value is -3.08. The normalized spacial score (nSPS) is 10.9. The molecule has 3 rings (SSSR count). The second-order valence-electron chi connectivity index (χ2n) is 4.97. The van der Waals surface area contributed by atoms with Gasteiger partial charge in [0.1, 0.15) is 17.5 Å². The van der Waals surface area contributed by atoms with Gasteiger partial charge >= 0.3 is 0 Å². The molecule has 0 fully saturated rings. The first-order valence-corrected chi connectivity index (χ1v) is 7.16. The molecule has 1 N–H and O–H groups in total. The predicted molar refractivity (Wildman–Crippen MR) is 89.8 cm³/mol. The molecule has 0 atom stereocenters. The molecule has 0 spiro atoms. The Bertz CT molecular complexity index is 814. The van der Waals surface area contributed by atoms with Crippen LogP contribution in [-0.4, -0.2) is 16.2 Å². The van der Waals surface area contributed by atoms with Crippen LogP contribution in [0.5, 0.6) is 0 Å². The van der Waals surface area contributed by atoms with Crippen molar-refractivity contribution in [3.8, 4) is 11.3 Å². The third-order valence-corrected chi connectivity index (χ3v) is 3.17. The fourth-order valence-electron chi connectivity index (χ4n) is 2.10. The quantitative estimate of drug-likeness (QED) is 0.584. The lowest BCUT2D eigenvalue weighted by Crippen LogP contribution is -1.98. The first kappa shape index (κ1) is 14.8. The maximum Gasteiger partial charge on any atom is 0.150 e. The maximum absolute atomic E-state index is 12.8. The van der Waals surface area contributed by atoms with Crippen molar-refractivity contribution >= 4 is 12.0 Å². The summed E-state index contributed by atoms with van der Waals surface area (Å²) in [5.41, 5.74) is 5.53. The van der Waals surface area contributed by atoms with Crippen LogP contribution in [0, 0.1) is 12.7 Å². The number of rotatable bonds is 4. The van der Waals surface area contributed by atoms with Crippen molar-refractivity contribution < 1.29 is 4.39 Å². The zero-order valence-electron chi connectivity index (χ0n) is 12.6. The van der Waals surface area contributed by atoms with Gasteiger partial charge in [0.15, 0.2) is 0 Å². The molecule has 0 saturated carbocycles. The van der Waals surface area contributed by atoms with Crippen molar-refractivity contribution in [3.05, 3.63) is 77.9 Å². The van der Waals surface area contributed by atoms with Gasteiger partial charge in [-0.05, 0) is 24.6 Å². The minimum Gasteiger partial charge on any atom is -0.261 e. The first-order chi connectivity index (χ1) is 11.2. The highest BCUT2D eigenvalue weighted by Gasteiger charge is 2.03. The van der Waals surface area contributed by atoms with Crippen molar-refractivity contribution in [2.75, 3.05) is 5.43 Å². The number of hydrogen-bond donors (Lipinski definition) is 1. The minimum atomic E-state index is -0.269. The molecule has 5 heteroatoms. The van der Waals surface area contributed by atoms with E-state index in [9.17, 15) is 4.39 Å². The molecule has 1 heterocycles. The number of halogens is 1. The monoisotopic (exact) mass is 306 g/mol. The van der Waals surface area contributed by atoms with Gasteiger partial charge in [-0.1, -0.05) is 42.5 Å². The Balaban J connectivity index is 1.78. The number of nitrogens with zero attached hydrogens (tertiary/aromatic N) is 3. The number of hydrogen-bond acceptors (Lipinski definition) is 4. The van der Waals surface area contributed by atoms with Gasteiger partial charge in [-0.3, -0.25) is 5.43 Å². The Morgan fingerprint density at radius 2 is 1.74 bits per heavy atom. The van der Waals surface area contributed by atoms with E-state index in [1.807, 2.05) is 43.3 Å². The standard InChI is InChI=1S/C18H15FN4/c1-13-21-17(15-5-3-2-4-6-15)11-18(22-13)23-20-12-14-7-9-16(19)10-8-14/h2-12H,1H3,(H,21,22,23). The van der Waals surface area contributed by atoms with E-state index < -0.39 is 0 Å². The van der Waals surface area contributed by atoms with Crippen LogP contribution in [-0.2, 0) is 0 Å². The lowest BCUT2D eigenvalue weighted by molar-refractivity contribution is 0.628. The average Bonchev–Trinajstić information content (AvgIpc) is 2.57. The third kappa shape index (κ3) is 3.97. The van der Waals surface area contributed by atoms with Crippen molar-refractivity contribution in [1.29, 1.82) is 0 Å². The molecular weight excluding hydrogens is 291 g/mol. The van der Waals surface area contributed by atoms with E-state index in [1.54, 1.807) is 18.3 Å². The summed E-state index contributed by atoms with van der Waals surface area (Å²) in [6.45, 7) is 1.83. The van der Waals surface area contributed by atoms with Crippen LogP contribution in [0.3, 0.4) is 0 Å². The van der Waals surface area contributed by atoms with Crippen LogP contribution < -0.4 is 5.43 Å². The third-order valence-electron chi connectivity index (χ3n) is 3.17. The van der Waals surface area contributed by atoms with Crippen LogP contribution in [0.15, 0.2) is 65.8 Å². The number of aromatic nitrogens is 2. The molecule has 0 amide bonds. The van der Waals surface area contributed by atoms with Gasteiger partial charge in [-0.15, -0.1) is 0 Å². The van der Waals surface area contributed by atoms with E-state index in [1.165, 1.54) is 12.1 Å². The molecule has 0 aliphatic heterocycles. The molecule has 0 aliphatic rings. The summed E-state index contributed by atoms with van der Waals surface area (Å²) >= 11 is 0. The van der Waals surface area contributed by atoms with Gasteiger partial charge in [-0.2, -0.15) is 5.10 Å². The number of anilines is 1. The summed E-state index contributed by atoms with van der Waals surface area (Å²) in [6.07, 6.45) is 1.61. The summed E-state index contributed by atoms with van der Waals surface area (Å²) in [5.74, 6) is 0.995. The fourth-order valence-corrected chi connectivity index (χ4v) is 2.10. The van der Waals surface area contributed by atoms with Gasteiger partial charge in [-0.25, -0.2) is 14.4 Å². The molecule has 114 valence electrons. The van der Waals surface area contributed by atoms with E-state index in [0.29, 0.717) is 11.6 Å². The largest absolute Gasteiger partial charge is 0.261 e. The van der Waals surface area contributed by atoms with E-state index >= 15 is 0 Å². The topological polar surface area (TPSA) is 50.2 Å². The molecule has 23 heavy (non-hydrogen) atoms. The van der Waals surface area contributed by atoms with Crippen LogP contribution in [0.25, 0.3) is 11.3 Å². The molecule has 0 saturated heterocycles. The van der Waals surface area contributed by atoms with Crippen molar-refractivity contribution in [3.63, 3.8) is 0 Å². The second kappa shape index (κ2) is 6.79. The molecule has 0 aliphatic carbocycles. The Kier molecular flexibility index (Phi) is 4.38. The zero-order valence-corrected chi connectivity index (χ0v) is 12.6. The van der Waals surface area contributed by atoms with Gasteiger partial charge in [0.2, 0.25) is 0 Å². The number of nitrogens with one attached hydrogen (secondary N) is 1. The minimum absolute atomic E-state index is 0.269. The van der Waals surface area contributed by atoms with Gasteiger partial charge in [0, 0.05) is 11.6 Å². The average molecular weight is 306 g/mol. The fraction of sp³-hybridized carbons (Fsp3) is 0.0556. The van der Waals surface area contributed by atoms with E-state index in [-0.39, 0.29) is 5.82 Å². The molecule has 0 bridgehead atoms. The van der Waals surface area contributed by atoms with Crippen molar-refractivity contribution in [1.82, 2.24) is 9.97 Å². The zero-order chi connectivity index (χ0) is 16.1. The number of aryl methyl sites for hydroxylation is 1. The highest BCUT2D eigenvalue weighted by Crippen LogP contribution is 2.19. The SMILES string of the molecule is Cc1nc(NN=Cc2ccc(F)cc2)cc(-c2ccccc2)n1. The van der Waals surface area contributed by atoms with Gasteiger partial charge < -0.3 is 0 Å². The molecule has 3 aromatic rings. The Morgan fingerprint density at radius 3 is 2.48 bits per heavy atom. The highest BCUT2D eigenvalue weighted by atomic mass is 19.1. The van der Waals surface area contributed by atoms with Crippen molar-refractivity contribution in [2.24, 2.45) is 5.10 Å². The molecule has 2 aromatic carbocycles. The number of benzene rings is 2. The van der Waals surface area contributed by atoms with Gasteiger partial charge in [0.05, 0.1) is 11.9 Å². The summed E-state index contributed by atoms with van der Waals surface area (Å²) < 4.78 is 12.8. The Labute approximate surface area is 133 Å². The molecule has 1 aromatic heterocycles. The van der Waals surface area contributed by atoms with Crippen LogP contribution >= 0.6 is 0 Å². The molecular formula is C18H15FN4. The lowest BCUT2D eigenvalue weighted by atomic mass is 10.1. The first-order valence-electron chi connectivity index (χ1n) is 7.16. The highest BCUT2D eigenvalue weighted by molar-refractivity contribution is 5.80. The Morgan fingerprint density at radius 1 is 1.00 bits per heavy atom. The van der Waals surface area contributed by atoms with E-state index in [4.69, 9.17) is 0 Å². The predicted octanol–water partition coefficient (Wildman–Crippen LogP) is 4.04. The molecule has 0 radical (unpaired) electrons. The molecule has 0 unspecified atom stereocenters. The summed E-state index contributed by atoms with van der Waals surface area (Å²) in [6, 6.07) is 17.8.